The van der Waals surface area contributed by atoms with Crippen LogP contribution in [0.1, 0.15) is 25.6 Å². The number of thiophene rings is 1. The summed E-state index contributed by atoms with van der Waals surface area (Å²) in [4.78, 5) is 29.4. The average molecular weight is 607 g/mol. The highest BCUT2D eigenvalue weighted by Crippen LogP contribution is 2.39. The lowest BCUT2D eigenvalue weighted by molar-refractivity contribution is -0.118. The van der Waals surface area contributed by atoms with Crippen molar-refractivity contribution in [1.29, 1.82) is 0 Å². The number of nitrogens with one attached hydrogen (secondary N) is 1. The number of likely N-dealkylation sites (tertiary alicyclic amines) is 1. The number of aromatic nitrogens is 4. The summed E-state index contributed by atoms with van der Waals surface area (Å²) in [7, 11) is 0. The summed E-state index contributed by atoms with van der Waals surface area (Å²) in [6.07, 6.45) is 6.46. The fourth-order valence-corrected chi connectivity index (χ4v) is 7.23. The van der Waals surface area contributed by atoms with Crippen molar-refractivity contribution in [2.24, 2.45) is 5.92 Å². The molecule has 5 aromatic rings. The van der Waals surface area contributed by atoms with E-state index >= 15 is 0 Å². The van der Waals surface area contributed by atoms with Gasteiger partial charge in [-0.1, -0.05) is 11.8 Å². The van der Waals surface area contributed by atoms with Gasteiger partial charge in [-0.3, -0.25) is 14.7 Å². The average Bonchev–Trinajstić information content (AvgIpc) is 3.62. The third kappa shape index (κ3) is 7.07. The normalized spacial score (nSPS) is 14.4. The van der Waals surface area contributed by atoms with E-state index in [2.05, 4.69) is 24.6 Å². The third-order valence-electron chi connectivity index (χ3n) is 6.72. The molecule has 0 spiro atoms. The maximum Gasteiger partial charge on any atom is 0.208 e. The Morgan fingerprint density at radius 3 is 2.80 bits per heavy atom. The van der Waals surface area contributed by atoms with Crippen LogP contribution in [0.4, 0.5) is 15.3 Å². The van der Waals surface area contributed by atoms with Crippen LogP contribution in [0, 0.1) is 11.7 Å². The molecule has 12 heteroatoms. The van der Waals surface area contributed by atoms with Crippen LogP contribution in [-0.2, 0) is 11.2 Å². The molecule has 1 aromatic carbocycles. The minimum Gasteiger partial charge on any atom is -0.453 e. The van der Waals surface area contributed by atoms with E-state index in [1.165, 1.54) is 23.7 Å². The number of piperidine rings is 1. The number of benzene rings is 1. The lowest BCUT2D eigenvalue weighted by atomic mass is 9.93. The fraction of sp³-hybridized carbons (Fsp3) is 0.276. The highest BCUT2D eigenvalue weighted by Gasteiger charge is 2.22. The van der Waals surface area contributed by atoms with Gasteiger partial charge < -0.3 is 10.1 Å². The predicted molar refractivity (Wildman–Crippen MR) is 161 cm³/mol. The van der Waals surface area contributed by atoms with E-state index in [1.807, 2.05) is 23.6 Å². The van der Waals surface area contributed by atoms with Gasteiger partial charge >= 0.3 is 0 Å². The lowest BCUT2D eigenvalue weighted by Crippen LogP contribution is -2.37. The zero-order chi connectivity index (χ0) is 28.2. The van der Waals surface area contributed by atoms with Crippen LogP contribution in [0.15, 0.2) is 70.0 Å². The molecule has 210 valence electrons. The van der Waals surface area contributed by atoms with Gasteiger partial charge in [-0.25, -0.2) is 14.4 Å². The summed E-state index contributed by atoms with van der Waals surface area (Å²) in [6.45, 7) is 4.02. The smallest absolute Gasteiger partial charge is 0.208 e. The summed E-state index contributed by atoms with van der Waals surface area (Å²) in [5, 5.41) is 5.94. The first kappa shape index (κ1) is 27.7. The molecule has 8 nitrogen and oxygen atoms in total. The highest BCUT2D eigenvalue weighted by atomic mass is 32.2. The van der Waals surface area contributed by atoms with Gasteiger partial charge in [0.05, 0.1) is 16.8 Å². The Labute approximate surface area is 249 Å². The van der Waals surface area contributed by atoms with Crippen molar-refractivity contribution < 1.29 is 13.9 Å². The first-order valence-electron chi connectivity index (χ1n) is 13.2. The van der Waals surface area contributed by atoms with Crippen molar-refractivity contribution in [2.45, 2.75) is 36.0 Å². The molecule has 41 heavy (non-hydrogen) atoms. The van der Waals surface area contributed by atoms with E-state index in [0.29, 0.717) is 34.9 Å². The molecule has 1 saturated heterocycles. The highest BCUT2D eigenvalue weighted by molar-refractivity contribution is 7.99. The zero-order valence-corrected chi connectivity index (χ0v) is 24.7. The van der Waals surface area contributed by atoms with Gasteiger partial charge in [0.1, 0.15) is 23.2 Å². The van der Waals surface area contributed by atoms with Crippen molar-refractivity contribution in [3.05, 3.63) is 71.9 Å². The standard InChI is InChI=1S/C29H27FN6O2S3/c1-18(37)17-36-11-7-19(8-12-36)14-26-33-29(41-35-26)34-28-24(38-21-4-2-20(30)3-5-21)15-22(16-32-28)40-25-6-10-31-23-9-13-39-27(23)25/h2-6,9-10,13,15-16,19H,7-8,11-12,14,17H2,1H3,(H,32,33,34,35). The second-order valence-corrected chi connectivity index (χ2v) is 12.7. The third-order valence-corrected chi connectivity index (χ3v) is 9.48. The minimum atomic E-state index is -0.332. The molecule has 0 radical (unpaired) electrons. The summed E-state index contributed by atoms with van der Waals surface area (Å²) in [6, 6.07) is 11.8. The molecule has 1 aliphatic heterocycles. The Hall–Kier alpha value is -3.45. The van der Waals surface area contributed by atoms with Crippen LogP contribution in [-0.4, -0.2) is 49.6 Å². The Morgan fingerprint density at radius 1 is 1.17 bits per heavy atom. The number of ether oxygens (including phenoxy) is 1. The van der Waals surface area contributed by atoms with Gasteiger partial charge in [0.15, 0.2) is 11.6 Å². The number of fused-ring (bicyclic) bond motifs is 1. The van der Waals surface area contributed by atoms with E-state index in [4.69, 9.17) is 9.72 Å². The SMILES string of the molecule is CC(=O)CN1CCC(Cc2nsc(Nc3ncc(Sc4ccnc5ccsc45)cc3Oc3ccc(F)cc3)n2)CC1. The van der Waals surface area contributed by atoms with Crippen molar-refractivity contribution in [3.63, 3.8) is 0 Å². The predicted octanol–water partition coefficient (Wildman–Crippen LogP) is 7.21. The van der Waals surface area contributed by atoms with Crippen molar-refractivity contribution in [3.8, 4) is 11.5 Å². The Morgan fingerprint density at radius 2 is 2.00 bits per heavy atom. The number of pyridine rings is 2. The molecule has 0 bridgehead atoms. The maximum absolute atomic E-state index is 13.5. The number of nitrogens with zero attached hydrogens (tertiary/aromatic N) is 5. The van der Waals surface area contributed by atoms with Crippen LogP contribution < -0.4 is 10.1 Å². The molecule has 1 fully saturated rings. The molecule has 4 aromatic heterocycles. The van der Waals surface area contributed by atoms with Crippen LogP contribution in [0.3, 0.4) is 0 Å². The Kier molecular flexibility index (Phi) is 8.51. The van der Waals surface area contributed by atoms with Crippen molar-refractivity contribution in [1.82, 2.24) is 24.2 Å². The van der Waals surface area contributed by atoms with E-state index in [-0.39, 0.29) is 11.6 Å². The fourth-order valence-electron chi connectivity index (χ4n) is 4.75. The zero-order valence-electron chi connectivity index (χ0n) is 22.2. The molecule has 0 saturated carbocycles. The van der Waals surface area contributed by atoms with Crippen LogP contribution in [0.25, 0.3) is 10.2 Å². The molecular formula is C29H27FN6O2S3. The summed E-state index contributed by atoms with van der Waals surface area (Å²) >= 11 is 4.52. The molecular weight excluding hydrogens is 580 g/mol. The van der Waals surface area contributed by atoms with Gasteiger partial charge in [0.25, 0.3) is 0 Å². The molecule has 0 unspecified atom stereocenters. The summed E-state index contributed by atoms with van der Waals surface area (Å²) in [5.74, 6) is 2.66. The number of ketones is 1. The molecule has 0 amide bonds. The lowest BCUT2D eigenvalue weighted by Gasteiger charge is -2.30. The molecule has 1 N–H and O–H groups in total. The van der Waals surface area contributed by atoms with E-state index in [9.17, 15) is 9.18 Å². The molecule has 0 atom stereocenters. The Balaban J connectivity index is 1.18. The summed E-state index contributed by atoms with van der Waals surface area (Å²) < 4.78 is 25.4. The van der Waals surface area contributed by atoms with E-state index in [1.54, 1.807) is 54.5 Å². The maximum atomic E-state index is 13.5. The first-order valence-corrected chi connectivity index (χ1v) is 15.7. The number of hydrogen-bond acceptors (Lipinski definition) is 11. The van der Waals surface area contributed by atoms with Gasteiger partial charge in [-0.05, 0) is 80.6 Å². The number of hydrogen-bond donors (Lipinski definition) is 1. The van der Waals surface area contributed by atoms with Gasteiger partial charge in [0.2, 0.25) is 5.13 Å². The second kappa shape index (κ2) is 12.6. The summed E-state index contributed by atoms with van der Waals surface area (Å²) in [5.41, 5.74) is 0.961. The topological polar surface area (TPSA) is 93.1 Å². The van der Waals surface area contributed by atoms with Crippen LogP contribution >= 0.6 is 34.6 Å². The number of anilines is 2. The van der Waals surface area contributed by atoms with Gasteiger partial charge in [0, 0.05) is 46.2 Å². The molecule has 6 rings (SSSR count). The first-order chi connectivity index (χ1) is 20.0. The number of halogens is 1. The van der Waals surface area contributed by atoms with Crippen molar-refractivity contribution >= 4 is 61.6 Å². The molecule has 1 aliphatic rings. The van der Waals surface area contributed by atoms with E-state index in [0.717, 1.165) is 58.2 Å². The van der Waals surface area contributed by atoms with Gasteiger partial charge in [-0.2, -0.15) is 4.37 Å². The largest absolute Gasteiger partial charge is 0.453 e. The number of carbonyl (C=O) groups is 1. The number of carbonyl (C=O) groups excluding carboxylic acids is 1. The van der Waals surface area contributed by atoms with E-state index < -0.39 is 0 Å². The van der Waals surface area contributed by atoms with Crippen LogP contribution in [0.2, 0.25) is 0 Å². The minimum absolute atomic E-state index is 0.209. The Bertz CT molecular complexity index is 1650. The van der Waals surface area contributed by atoms with Crippen molar-refractivity contribution in [2.75, 3.05) is 25.0 Å². The number of rotatable bonds is 10. The quantitative estimate of drug-likeness (QED) is 0.177. The monoisotopic (exact) mass is 606 g/mol. The second-order valence-electron chi connectivity index (χ2n) is 9.89. The molecule has 0 aliphatic carbocycles. The molecule has 5 heterocycles. The number of Topliss-reactive ketones (excluding diaryl/α,β-unsaturated/α-hetero) is 1. The van der Waals surface area contributed by atoms with Gasteiger partial charge in [-0.15, -0.1) is 11.3 Å². The van der Waals surface area contributed by atoms with Crippen LogP contribution in [0.5, 0.6) is 11.5 Å².